The molecule has 1 heterocycles. The summed E-state index contributed by atoms with van der Waals surface area (Å²) in [4.78, 5) is 2.25. The van der Waals surface area contributed by atoms with Gasteiger partial charge in [-0.1, -0.05) is 11.6 Å². The molecule has 4 heteroatoms. The Balaban J connectivity index is 1.94. The first-order chi connectivity index (χ1) is 8.85. The van der Waals surface area contributed by atoms with E-state index in [-0.39, 0.29) is 11.4 Å². The zero-order valence-electron chi connectivity index (χ0n) is 11.8. The molecule has 1 aliphatic heterocycles. The van der Waals surface area contributed by atoms with Crippen molar-refractivity contribution in [2.24, 2.45) is 5.92 Å². The van der Waals surface area contributed by atoms with Gasteiger partial charge in [0.05, 0.1) is 10.7 Å². The van der Waals surface area contributed by atoms with Gasteiger partial charge in [0.2, 0.25) is 0 Å². The normalized spacial score (nSPS) is 20.1. The van der Waals surface area contributed by atoms with Crippen LogP contribution in [0.5, 0.6) is 0 Å². The van der Waals surface area contributed by atoms with Crippen LogP contribution in [0.2, 0.25) is 5.02 Å². The summed E-state index contributed by atoms with van der Waals surface area (Å²) in [7, 11) is 0. The van der Waals surface area contributed by atoms with Gasteiger partial charge in [-0.15, -0.1) is 0 Å². The van der Waals surface area contributed by atoms with Crippen molar-refractivity contribution in [1.82, 2.24) is 5.32 Å². The highest BCUT2D eigenvalue weighted by molar-refractivity contribution is 6.33. The summed E-state index contributed by atoms with van der Waals surface area (Å²) in [6.07, 6.45) is 1.15. The Morgan fingerprint density at radius 2 is 2.16 bits per heavy atom. The number of benzene rings is 1. The van der Waals surface area contributed by atoms with E-state index in [2.05, 4.69) is 31.0 Å². The minimum atomic E-state index is -0.279. The third-order valence-electron chi connectivity index (χ3n) is 3.46. The van der Waals surface area contributed by atoms with Crippen LogP contribution in [0.3, 0.4) is 0 Å². The summed E-state index contributed by atoms with van der Waals surface area (Å²) in [6.45, 7) is 9.51. The predicted octanol–water partition coefficient (Wildman–Crippen LogP) is 3.69. The maximum atomic E-state index is 13.1. The van der Waals surface area contributed by atoms with E-state index in [1.807, 2.05) is 0 Å². The highest BCUT2D eigenvalue weighted by atomic mass is 35.5. The molecule has 0 spiro atoms. The molecule has 19 heavy (non-hydrogen) atoms. The summed E-state index contributed by atoms with van der Waals surface area (Å²) in [6, 6.07) is 4.64. The van der Waals surface area contributed by atoms with Crippen molar-refractivity contribution in [2.75, 3.05) is 24.5 Å². The van der Waals surface area contributed by atoms with Crippen LogP contribution < -0.4 is 10.2 Å². The van der Waals surface area contributed by atoms with Gasteiger partial charge in [0.25, 0.3) is 0 Å². The van der Waals surface area contributed by atoms with Gasteiger partial charge in [-0.25, -0.2) is 4.39 Å². The van der Waals surface area contributed by atoms with Gasteiger partial charge >= 0.3 is 0 Å². The van der Waals surface area contributed by atoms with Crippen molar-refractivity contribution in [3.63, 3.8) is 0 Å². The Hall–Kier alpha value is -0.800. The Morgan fingerprint density at radius 1 is 1.42 bits per heavy atom. The number of hydrogen-bond acceptors (Lipinski definition) is 2. The van der Waals surface area contributed by atoms with Gasteiger partial charge in [0.1, 0.15) is 5.82 Å². The predicted molar refractivity (Wildman–Crippen MR) is 79.5 cm³/mol. The van der Waals surface area contributed by atoms with Crippen LogP contribution in [0.25, 0.3) is 0 Å². The molecule has 106 valence electrons. The molecule has 1 aromatic carbocycles. The first kappa shape index (κ1) is 14.6. The summed E-state index contributed by atoms with van der Waals surface area (Å²) in [5.41, 5.74) is 1.10. The minimum Gasteiger partial charge on any atom is -0.370 e. The van der Waals surface area contributed by atoms with E-state index in [1.54, 1.807) is 6.07 Å². The van der Waals surface area contributed by atoms with Gasteiger partial charge in [-0.3, -0.25) is 0 Å². The topological polar surface area (TPSA) is 15.3 Å². The van der Waals surface area contributed by atoms with E-state index in [0.717, 1.165) is 31.7 Å². The van der Waals surface area contributed by atoms with Crippen molar-refractivity contribution < 1.29 is 4.39 Å². The maximum absolute atomic E-state index is 13.1. The van der Waals surface area contributed by atoms with Crippen LogP contribution in [-0.4, -0.2) is 25.2 Å². The number of hydrogen-bond donors (Lipinski definition) is 1. The van der Waals surface area contributed by atoms with E-state index >= 15 is 0 Å². The van der Waals surface area contributed by atoms with Gasteiger partial charge in [-0.05, 0) is 51.3 Å². The van der Waals surface area contributed by atoms with E-state index in [1.165, 1.54) is 12.1 Å². The number of nitrogens with zero attached hydrogens (tertiary/aromatic N) is 1. The van der Waals surface area contributed by atoms with Crippen molar-refractivity contribution in [3.8, 4) is 0 Å². The lowest BCUT2D eigenvalue weighted by Gasteiger charge is -2.24. The fourth-order valence-corrected chi connectivity index (χ4v) is 2.69. The standard InChI is InChI=1S/C15H22ClFN2/c1-15(2,3)18-9-11-6-7-19(10-11)14-5-4-12(17)8-13(14)16/h4-5,8,11,18H,6-7,9-10H2,1-3H3. The highest BCUT2D eigenvalue weighted by Crippen LogP contribution is 2.30. The number of rotatable bonds is 3. The summed E-state index contributed by atoms with van der Waals surface area (Å²) in [5.74, 6) is 0.347. The van der Waals surface area contributed by atoms with Crippen LogP contribution in [0.1, 0.15) is 27.2 Å². The minimum absolute atomic E-state index is 0.154. The number of nitrogens with one attached hydrogen (secondary N) is 1. The number of anilines is 1. The van der Waals surface area contributed by atoms with Gasteiger partial charge < -0.3 is 10.2 Å². The molecule has 1 saturated heterocycles. The van der Waals surface area contributed by atoms with E-state index in [9.17, 15) is 4.39 Å². The Labute approximate surface area is 119 Å². The maximum Gasteiger partial charge on any atom is 0.124 e. The van der Waals surface area contributed by atoms with Gasteiger partial charge in [0.15, 0.2) is 0 Å². The molecule has 0 bridgehead atoms. The second kappa shape index (κ2) is 5.68. The zero-order valence-corrected chi connectivity index (χ0v) is 12.6. The largest absolute Gasteiger partial charge is 0.370 e. The molecular formula is C15H22ClFN2. The smallest absolute Gasteiger partial charge is 0.124 e. The van der Waals surface area contributed by atoms with Crippen LogP contribution in [-0.2, 0) is 0 Å². The Bertz CT molecular complexity index is 442. The highest BCUT2D eigenvalue weighted by Gasteiger charge is 2.25. The van der Waals surface area contributed by atoms with Crippen LogP contribution in [0.4, 0.5) is 10.1 Å². The third-order valence-corrected chi connectivity index (χ3v) is 3.76. The average Bonchev–Trinajstić information content (AvgIpc) is 2.74. The SMILES string of the molecule is CC(C)(C)NCC1CCN(c2ccc(F)cc2Cl)C1. The second-order valence-electron chi connectivity index (χ2n) is 6.33. The molecule has 1 atom stereocenters. The van der Waals surface area contributed by atoms with Crippen molar-refractivity contribution in [2.45, 2.75) is 32.7 Å². The van der Waals surface area contributed by atoms with Crippen molar-refractivity contribution in [3.05, 3.63) is 29.0 Å². The Morgan fingerprint density at radius 3 is 2.79 bits per heavy atom. The molecular weight excluding hydrogens is 263 g/mol. The van der Waals surface area contributed by atoms with Crippen molar-refractivity contribution in [1.29, 1.82) is 0 Å². The molecule has 1 unspecified atom stereocenters. The molecule has 0 radical (unpaired) electrons. The van der Waals surface area contributed by atoms with Gasteiger partial charge in [0, 0.05) is 25.2 Å². The average molecular weight is 285 g/mol. The van der Waals surface area contributed by atoms with Crippen molar-refractivity contribution >= 4 is 17.3 Å². The molecule has 1 aromatic rings. The Kier molecular flexibility index (Phi) is 4.36. The van der Waals surface area contributed by atoms with Crippen LogP contribution in [0, 0.1) is 11.7 Å². The number of halogens is 2. The molecule has 1 fully saturated rings. The molecule has 2 rings (SSSR count). The molecule has 1 aliphatic rings. The summed E-state index contributed by atoms with van der Waals surface area (Å²) in [5, 5.41) is 4.04. The van der Waals surface area contributed by atoms with Crippen LogP contribution in [0.15, 0.2) is 18.2 Å². The molecule has 2 nitrogen and oxygen atoms in total. The zero-order chi connectivity index (χ0) is 14.0. The van der Waals surface area contributed by atoms with Gasteiger partial charge in [-0.2, -0.15) is 0 Å². The lowest BCUT2D eigenvalue weighted by molar-refractivity contribution is 0.383. The van der Waals surface area contributed by atoms with E-state index < -0.39 is 0 Å². The molecule has 0 saturated carbocycles. The summed E-state index contributed by atoms with van der Waals surface area (Å²) < 4.78 is 13.1. The third kappa shape index (κ3) is 4.08. The molecule has 0 aromatic heterocycles. The van der Waals surface area contributed by atoms with E-state index in [0.29, 0.717) is 10.9 Å². The lowest BCUT2D eigenvalue weighted by atomic mass is 10.1. The van der Waals surface area contributed by atoms with E-state index in [4.69, 9.17) is 11.6 Å². The first-order valence-corrected chi connectivity index (χ1v) is 7.18. The summed E-state index contributed by atoms with van der Waals surface area (Å²) >= 11 is 6.11. The quantitative estimate of drug-likeness (QED) is 0.911. The lowest BCUT2D eigenvalue weighted by Crippen LogP contribution is -2.39. The first-order valence-electron chi connectivity index (χ1n) is 6.80. The molecule has 1 N–H and O–H groups in total. The monoisotopic (exact) mass is 284 g/mol. The van der Waals surface area contributed by atoms with Crippen LogP contribution >= 0.6 is 11.6 Å². The fraction of sp³-hybridized carbons (Fsp3) is 0.600. The molecule has 0 amide bonds. The molecule has 0 aliphatic carbocycles. The fourth-order valence-electron chi connectivity index (χ4n) is 2.41. The second-order valence-corrected chi connectivity index (χ2v) is 6.73.